The first-order valence-corrected chi connectivity index (χ1v) is 6.21. The van der Waals surface area contributed by atoms with E-state index in [-0.39, 0.29) is 5.92 Å². The highest BCUT2D eigenvalue weighted by Crippen LogP contribution is 2.10. The minimum atomic E-state index is 0.164. The molecule has 1 rings (SSSR count). The molecule has 3 nitrogen and oxygen atoms in total. The molecular weight excluding hydrogens is 200 g/mol. The standard InChI is InChI=1S/C13H22N2O/c1-4-6-11(3)12(16)10-13-14-7-9-15(13)8-5-2/h7,9,11H,4-6,8,10H2,1-3H3. The monoisotopic (exact) mass is 222 g/mol. The molecule has 1 aromatic heterocycles. The van der Waals surface area contributed by atoms with Gasteiger partial charge in [0.05, 0.1) is 6.42 Å². The molecule has 1 aromatic rings. The average Bonchev–Trinajstić information content (AvgIpc) is 2.67. The largest absolute Gasteiger partial charge is 0.335 e. The lowest BCUT2D eigenvalue weighted by Crippen LogP contribution is -2.16. The normalized spacial score (nSPS) is 12.7. The van der Waals surface area contributed by atoms with E-state index in [2.05, 4.69) is 23.4 Å². The summed E-state index contributed by atoms with van der Waals surface area (Å²) in [5.74, 6) is 1.39. The van der Waals surface area contributed by atoms with Gasteiger partial charge in [-0.25, -0.2) is 4.98 Å². The van der Waals surface area contributed by atoms with E-state index in [1.165, 1.54) is 0 Å². The van der Waals surface area contributed by atoms with Crippen molar-refractivity contribution in [3.8, 4) is 0 Å². The summed E-state index contributed by atoms with van der Waals surface area (Å²) >= 11 is 0. The second-order valence-corrected chi connectivity index (χ2v) is 4.37. The Morgan fingerprint density at radius 1 is 1.44 bits per heavy atom. The van der Waals surface area contributed by atoms with Crippen molar-refractivity contribution in [3.63, 3.8) is 0 Å². The van der Waals surface area contributed by atoms with Crippen molar-refractivity contribution < 1.29 is 4.79 Å². The second kappa shape index (κ2) is 6.46. The number of aryl methyl sites for hydroxylation is 1. The molecule has 3 heteroatoms. The van der Waals surface area contributed by atoms with Crippen molar-refractivity contribution in [1.29, 1.82) is 0 Å². The number of imidazole rings is 1. The Hall–Kier alpha value is -1.12. The summed E-state index contributed by atoms with van der Waals surface area (Å²) in [6, 6.07) is 0. The molecule has 16 heavy (non-hydrogen) atoms. The van der Waals surface area contributed by atoms with E-state index in [1.54, 1.807) is 6.20 Å². The molecule has 1 atom stereocenters. The van der Waals surface area contributed by atoms with Crippen LogP contribution in [0.15, 0.2) is 12.4 Å². The molecule has 0 spiro atoms. The maximum Gasteiger partial charge on any atom is 0.143 e. The van der Waals surface area contributed by atoms with Gasteiger partial charge in [-0.15, -0.1) is 0 Å². The van der Waals surface area contributed by atoms with Crippen LogP contribution in [0.4, 0.5) is 0 Å². The topological polar surface area (TPSA) is 34.9 Å². The van der Waals surface area contributed by atoms with Gasteiger partial charge in [0.2, 0.25) is 0 Å². The number of rotatable bonds is 7. The van der Waals surface area contributed by atoms with Crippen molar-refractivity contribution in [3.05, 3.63) is 18.2 Å². The third-order valence-corrected chi connectivity index (χ3v) is 2.87. The number of Topliss-reactive ketones (excluding diaryl/α,β-unsaturated/α-hetero) is 1. The Balaban J connectivity index is 2.58. The molecule has 0 aliphatic carbocycles. The van der Waals surface area contributed by atoms with Crippen molar-refractivity contribution in [2.24, 2.45) is 5.92 Å². The van der Waals surface area contributed by atoms with Crippen molar-refractivity contribution >= 4 is 5.78 Å². The maximum absolute atomic E-state index is 11.9. The summed E-state index contributed by atoms with van der Waals surface area (Å²) in [6.45, 7) is 7.21. The fourth-order valence-corrected chi connectivity index (χ4v) is 1.88. The van der Waals surface area contributed by atoms with Crippen LogP contribution in [-0.2, 0) is 17.8 Å². The van der Waals surface area contributed by atoms with E-state index in [0.717, 1.165) is 31.6 Å². The minimum Gasteiger partial charge on any atom is -0.335 e. The van der Waals surface area contributed by atoms with Crippen LogP contribution >= 0.6 is 0 Å². The molecule has 1 heterocycles. The zero-order valence-corrected chi connectivity index (χ0v) is 10.6. The van der Waals surface area contributed by atoms with Gasteiger partial charge in [-0.05, 0) is 12.8 Å². The Kier molecular flexibility index (Phi) is 5.23. The van der Waals surface area contributed by atoms with Gasteiger partial charge in [0, 0.05) is 24.9 Å². The first-order chi connectivity index (χ1) is 7.69. The second-order valence-electron chi connectivity index (χ2n) is 4.37. The van der Waals surface area contributed by atoms with Crippen LogP contribution < -0.4 is 0 Å². The highest BCUT2D eigenvalue weighted by atomic mass is 16.1. The first-order valence-electron chi connectivity index (χ1n) is 6.21. The molecule has 1 unspecified atom stereocenters. The van der Waals surface area contributed by atoms with Crippen LogP contribution in [0.3, 0.4) is 0 Å². The summed E-state index contributed by atoms with van der Waals surface area (Å²) in [7, 11) is 0. The van der Waals surface area contributed by atoms with Crippen LogP contribution in [0.25, 0.3) is 0 Å². The number of aromatic nitrogens is 2. The molecular formula is C13H22N2O. The summed E-state index contributed by atoms with van der Waals surface area (Å²) < 4.78 is 2.08. The van der Waals surface area contributed by atoms with Gasteiger partial charge in [-0.2, -0.15) is 0 Å². The van der Waals surface area contributed by atoms with Crippen LogP contribution in [0, 0.1) is 5.92 Å². The molecule has 0 radical (unpaired) electrons. The predicted molar refractivity (Wildman–Crippen MR) is 65.3 cm³/mol. The van der Waals surface area contributed by atoms with Gasteiger partial charge in [0.25, 0.3) is 0 Å². The fraction of sp³-hybridized carbons (Fsp3) is 0.692. The lowest BCUT2D eigenvalue weighted by molar-refractivity contribution is -0.122. The van der Waals surface area contributed by atoms with Crippen LogP contribution in [0.1, 0.15) is 45.9 Å². The van der Waals surface area contributed by atoms with E-state index in [4.69, 9.17) is 0 Å². The van der Waals surface area contributed by atoms with Crippen LogP contribution in [0.2, 0.25) is 0 Å². The van der Waals surface area contributed by atoms with E-state index in [9.17, 15) is 4.79 Å². The molecule has 90 valence electrons. The first kappa shape index (κ1) is 12.9. The molecule has 0 saturated heterocycles. The third-order valence-electron chi connectivity index (χ3n) is 2.87. The summed E-state index contributed by atoms with van der Waals surface area (Å²) in [6.07, 6.45) is 7.33. The summed E-state index contributed by atoms with van der Waals surface area (Å²) in [5.41, 5.74) is 0. The molecule has 0 saturated carbocycles. The van der Waals surface area contributed by atoms with E-state index in [1.807, 2.05) is 13.1 Å². The quantitative estimate of drug-likeness (QED) is 0.711. The number of ketones is 1. The summed E-state index contributed by atoms with van der Waals surface area (Å²) in [4.78, 5) is 16.2. The smallest absolute Gasteiger partial charge is 0.143 e. The van der Waals surface area contributed by atoms with E-state index < -0.39 is 0 Å². The minimum absolute atomic E-state index is 0.164. The third kappa shape index (κ3) is 3.47. The van der Waals surface area contributed by atoms with E-state index in [0.29, 0.717) is 12.2 Å². The number of carbonyl (C=O) groups is 1. The Labute approximate surface area is 97.9 Å². The summed E-state index contributed by atoms with van der Waals surface area (Å²) in [5, 5.41) is 0. The van der Waals surface area contributed by atoms with Crippen molar-refractivity contribution in [2.75, 3.05) is 0 Å². The highest BCUT2D eigenvalue weighted by Gasteiger charge is 2.14. The number of hydrogen-bond donors (Lipinski definition) is 0. The fourth-order valence-electron chi connectivity index (χ4n) is 1.88. The zero-order valence-electron chi connectivity index (χ0n) is 10.6. The predicted octanol–water partition coefficient (Wildman–Crippen LogP) is 2.84. The molecule has 0 fully saturated rings. The van der Waals surface area contributed by atoms with E-state index >= 15 is 0 Å². The molecule has 0 aliphatic rings. The van der Waals surface area contributed by atoms with Gasteiger partial charge in [0.15, 0.2) is 0 Å². The lowest BCUT2D eigenvalue weighted by atomic mass is 9.98. The van der Waals surface area contributed by atoms with Gasteiger partial charge < -0.3 is 4.57 Å². The number of carbonyl (C=O) groups excluding carboxylic acids is 1. The van der Waals surface area contributed by atoms with Gasteiger partial charge in [-0.1, -0.05) is 27.2 Å². The molecule has 0 amide bonds. The van der Waals surface area contributed by atoms with Crippen LogP contribution in [0.5, 0.6) is 0 Å². The Morgan fingerprint density at radius 3 is 2.81 bits per heavy atom. The number of hydrogen-bond acceptors (Lipinski definition) is 2. The molecule has 0 bridgehead atoms. The van der Waals surface area contributed by atoms with Gasteiger partial charge >= 0.3 is 0 Å². The Bertz CT molecular complexity index is 330. The maximum atomic E-state index is 11.9. The number of nitrogens with zero attached hydrogens (tertiary/aromatic N) is 2. The van der Waals surface area contributed by atoms with Crippen molar-refractivity contribution in [1.82, 2.24) is 9.55 Å². The average molecular weight is 222 g/mol. The lowest BCUT2D eigenvalue weighted by Gasteiger charge is -2.10. The SMILES string of the molecule is CCCC(C)C(=O)Cc1nccn1CCC. The molecule has 0 N–H and O–H groups in total. The molecule has 0 aliphatic heterocycles. The van der Waals surface area contributed by atoms with Crippen LogP contribution in [-0.4, -0.2) is 15.3 Å². The van der Waals surface area contributed by atoms with Gasteiger partial charge in [0.1, 0.15) is 11.6 Å². The Morgan fingerprint density at radius 2 is 2.19 bits per heavy atom. The van der Waals surface area contributed by atoms with Crippen molar-refractivity contribution in [2.45, 2.75) is 53.0 Å². The van der Waals surface area contributed by atoms with Gasteiger partial charge in [-0.3, -0.25) is 4.79 Å². The highest BCUT2D eigenvalue weighted by molar-refractivity contribution is 5.82. The zero-order chi connectivity index (χ0) is 12.0. The molecule has 0 aromatic carbocycles.